The average molecular weight is 421 g/mol. The van der Waals surface area contributed by atoms with E-state index in [1.807, 2.05) is 30.3 Å². The predicted molar refractivity (Wildman–Crippen MR) is 117 cm³/mol. The van der Waals surface area contributed by atoms with Crippen molar-refractivity contribution in [3.63, 3.8) is 0 Å². The predicted octanol–water partition coefficient (Wildman–Crippen LogP) is 5.72. The zero-order valence-electron chi connectivity index (χ0n) is 17.2. The lowest BCUT2D eigenvalue weighted by atomic mass is 9.85. The molecular formula is C24H33ClO4. The molecule has 0 aromatic heterocycles. The second kappa shape index (κ2) is 12.1. The van der Waals surface area contributed by atoms with Crippen LogP contribution in [0.15, 0.2) is 36.4 Å². The third-order valence-corrected chi connectivity index (χ3v) is 6.27. The number of halogens is 1. The molecule has 1 saturated carbocycles. The van der Waals surface area contributed by atoms with Gasteiger partial charge in [0.05, 0.1) is 6.10 Å². The summed E-state index contributed by atoms with van der Waals surface area (Å²) in [6, 6.07) is 7.66. The molecule has 160 valence electrons. The van der Waals surface area contributed by atoms with Crippen LogP contribution in [0.5, 0.6) is 0 Å². The van der Waals surface area contributed by atoms with Gasteiger partial charge in [0.2, 0.25) is 0 Å². The SMILES string of the molecule is CCCCCC(=O)c1ccc(C2[C@@H](C/C=C\CCCC(=O)O)C(Cl)C[C@H]2O)cc1. The van der Waals surface area contributed by atoms with E-state index in [-0.39, 0.29) is 29.4 Å². The van der Waals surface area contributed by atoms with Crippen molar-refractivity contribution in [3.8, 4) is 0 Å². The van der Waals surface area contributed by atoms with Crippen LogP contribution in [0.1, 0.15) is 86.6 Å². The molecule has 0 aliphatic heterocycles. The van der Waals surface area contributed by atoms with Gasteiger partial charge < -0.3 is 10.2 Å². The van der Waals surface area contributed by atoms with Gasteiger partial charge in [-0.2, -0.15) is 0 Å². The Balaban J connectivity index is 1.97. The molecule has 29 heavy (non-hydrogen) atoms. The molecule has 4 nitrogen and oxygen atoms in total. The van der Waals surface area contributed by atoms with Crippen LogP contribution in [0.3, 0.4) is 0 Å². The molecule has 1 aromatic carbocycles. The van der Waals surface area contributed by atoms with Crippen molar-refractivity contribution in [1.82, 2.24) is 0 Å². The molecule has 4 atom stereocenters. The number of benzene rings is 1. The summed E-state index contributed by atoms with van der Waals surface area (Å²) in [6.07, 6.45) is 10.1. The highest BCUT2D eigenvalue weighted by Gasteiger charge is 2.41. The highest BCUT2D eigenvalue weighted by Crippen LogP contribution is 2.44. The van der Waals surface area contributed by atoms with E-state index in [4.69, 9.17) is 16.7 Å². The minimum absolute atomic E-state index is 0.0505. The van der Waals surface area contributed by atoms with Gasteiger partial charge in [-0.05, 0) is 43.6 Å². The standard InChI is InChI=1S/C24H33ClO4/c1-2-3-6-10-21(26)17-12-14-18(15-13-17)24-19(20(25)16-22(24)27)9-7-4-5-8-11-23(28)29/h4,7,12-15,19-20,22,24,27H,2-3,5-6,8-11,16H2,1H3,(H,28,29)/b7-4-/t19-,20?,22+,24?/m0/s1. The Morgan fingerprint density at radius 1 is 1.10 bits per heavy atom. The minimum atomic E-state index is -0.773. The molecule has 5 heteroatoms. The monoisotopic (exact) mass is 420 g/mol. The molecule has 1 fully saturated rings. The molecule has 0 bridgehead atoms. The smallest absolute Gasteiger partial charge is 0.303 e. The molecule has 2 N–H and O–H groups in total. The Morgan fingerprint density at radius 2 is 1.83 bits per heavy atom. The van der Waals surface area contributed by atoms with E-state index in [2.05, 4.69) is 13.0 Å². The number of hydrogen-bond acceptors (Lipinski definition) is 3. The van der Waals surface area contributed by atoms with Crippen molar-refractivity contribution in [1.29, 1.82) is 0 Å². The van der Waals surface area contributed by atoms with E-state index in [1.165, 1.54) is 0 Å². The quantitative estimate of drug-likeness (QED) is 0.196. The normalized spacial score (nSPS) is 24.2. The number of carbonyl (C=O) groups excluding carboxylic acids is 1. The zero-order chi connectivity index (χ0) is 21.2. The van der Waals surface area contributed by atoms with Gasteiger partial charge in [-0.15, -0.1) is 11.6 Å². The fourth-order valence-electron chi connectivity index (χ4n) is 4.14. The first kappa shape index (κ1) is 23.6. The molecule has 0 saturated heterocycles. The first-order valence-electron chi connectivity index (χ1n) is 10.8. The van der Waals surface area contributed by atoms with Crippen molar-refractivity contribution in [2.45, 2.75) is 82.1 Å². The molecule has 0 radical (unpaired) electrons. The first-order valence-corrected chi connectivity index (χ1v) is 11.2. The lowest BCUT2D eigenvalue weighted by molar-refractivity contribution is -0.137. The van der Waals surface area contributed by atoms with Gasteiger partial charge in [0, 0.05) is 29.7 Å². The van der Waals surface area contributed by atoms with Gasteiger partial charge in [-0.25, -0.2) is 0 Å². The number of carboxylic acids is 1. The summed E-state index contributed by atoms with van der Waals surface area (Å²) in [7, 11) is 0. The Bertz CT molecular complexity index is 683. The summed E-state index contributed by atoms with van der Waals surface area (Å²) < 4.78 is 0. The third-order valence-electron chi connectivity index (χ3n) is 5.77. The number of allylic oxidation sites excluding steroid dienone is 2. The van der Waals surface area contributed by atoms with Crippen molar-refractivity contribution in [2.24, 2.45) is 5.92 Å². The van der Waals surface area contributed by atoms with Crippen LogP contribution in [0, 0.1) is 5.92 Å². The fourth-order valence-corrected chi connectivity index (χ4v) is 4.58. The summed E-state index contributed by atoms with van der Waals surface area (Å²) in [6.45, 7) is 2.12. The third kappa shape index (κ3) is 7.27. The number of Topliss-reactive ketones (excluding diaryl/α,β-unsaturated/α-hetero) is 1. The largest absolute Gasteiger partial charge is 0.481 e. The molecule has 1 aliphatic carbocycles. The van der Waals surface area contributed by atoms with E-state index in [9.17, 15) is 14.7 Å². The second-order valence-electron chi connectivity index (χ2n) is 8.00. The number of alkyl halides is 1. The van der Waals surface area contributed by atoms with Gasteiger partial charge in [0.25, 0.3) is 0 Å². The number of aliphatic hydroxyl groups excluding tert-OH is 1. The number of unbranched alkanes of at least 4 members (excludes halogenated alkanes) is 3. The number of carbonyl (C=O) groups is 2. The van der Waals surface area contributed by atoms with Crippen LogP contribution in [0.4, 0.5) is 0 Å². The summed E-state index contributed by atoms with van der Waals surface area (Å²) in [5.41, 5.74) is 1.75. The Kier molecular flexibility index (Phi) is 9.89. The highest BCUT2D eigenvalue weighted by atomic mass is 35.5. The van der Waals surface area contributed by atoms with E-state index in [0.29, 0.717) is 19.3 Å². The van der Waals surface area contributed by atoms with Gasteiger partial charge >= 0.3 is 5.97 Å². The van der Waals surface area contributed by atoms with Gasteiger partial charge in [-0.3, -0.25) is 9.59 Å². The van der Waals surface area contributed by atoms with Crippen LogP contribution in [-0.2, 0) is 4.79 Å². The number of rotatable bonds is 12. The Labute approximate surface area is 179 Å². The van der Waals surface area contributed by atoms with Crippen molar-refractivity contribution in [3.05, 3.63) is 47.5 Å². The Morgan fingerprint density at radius 3 is 2.48 bits per heavy atom. The van der Waals surface area contributed by atoms with Gasteiger partial charge in [-0.1, -0.05) is 56.2 Å². The van der Waals surface area contributed by atoms with Crippen LogP contribution in [0.2, 0.25) is 0 Å². The lowest BCUT2D eigenvalue weighted by Gasteiger charge is -2.23. The number of aliphatic carboxylic acids is 1. The maximum absolute atomic E-state index is 12.3. The van der Waals surface area contributed by atoms with E-state index < -0.39 is 12.1 Å². The Hall–Kier alpha value is -1.65. The van der Waals surface area contributed by atoms with E-state index in [0.717, 1.165) is 43.2 Å². The van der Waals surface area contributed by atoms with Crippen LogP contribution in [-0.4, -0.2) is 33.4 Å². The molecule has 0 amide bonds. The topological polar surface area (TPSA) is 74.6 Å². The maximum Gasteiger partial charge on any atom is 0.303 e. The molecule has 1 aromatic rings. The average Bonchev–Trinajstić information content (AvgIpc) is 2.97. The summed E-state index contributed by atoms with van der Waals surface area (Å²) in [5.74, 6) is -0.530. The first-order chi connectivity index (χ1) is 13.9. The van der Waals surface area contributed by atoms with Crippen LogP contribution in [0.25, 0.3) is 0 Å². The fraction of sp³-hybridized carbons (Fsp3) is 0.583. The summed E-state index contributed by atoms with van der Waals surface area (Å²) >= 11 is 6.53. The molecule has 0 heterocycles. The maximum atomic E-state index is 12.3. The van der Waals surface area contributed by atoms with E-state index in [1.54, 1.807) is 0 Å². The highest BCUT2D eigenvalue weighted by molar-refractivity contribution is 6.21. The summed E-state index contributed by atoms with van der Waals surface area (Å²) in [4.78, 5) is 22.8. The molecule has 1 aliphatic rings. The summed E-state index contributed by atoms with van der Waals surface area (Å²) in [5, 5.41) is 19.1. The number of aliphatic hydroxyl groups is 1. The van der Waals surface area contributed by atoms with Crippen molar-refractivity contribution < 1.29 is 19.8 Å². The second-order valence-corrected chi connectivity index (χ2v) is 8.56. The van der Waals surface area contributed by atoms with Crippen molar-refractivity contribution >= 4 is 23.4 Å². The molecule has 2 unspecified atom stereocenters. The molecule has 2 rings (SSSR count). The van der Waals surface area contributed by atoms with E-state index >= 15 is 0 Å². The lowest BCUT2D eigenvalue weighted by Crippen LogP contribution is -2.18. The molecule has 0 spiro atoms. The zero-order valence-corrected chi connectivity index (χ0v) is 18.0. The number of hydrogen-bond donors (Lipinski definition) is 2. The van der Waals surface area contributed by atoms with Gasteiger partial charge in [0.15, 0.2) is 5.78 Å². The number of carboxylic acid groups (broad SMARTS) is 1. The minimum Gasteiger partial charge on any atom is -0.481 e. The molecular weight excluding hydrogens is 388 g/mol. The number of ketones is 1. The van der Waals surface area contributed by atoms with Crippen LogP contribution < -0.4 is 0 Å². The van der Waals surface area contributed by atoms with Crippen LogP contribution >= 0.6 is 11.6 Å². The van der Waals surface area contributed by atoms with Crippen molar-refractivity contribution in [2.75, 3.05) is 0 Å². The van der Waals surface area contributed by atoms with Gasteiger partial charge in [0.1, 0.15) is 0 Å².